The molecule has 1 heterocycles. The van der Waals surface area contributed by atoms with Crippen LogP contribution in [0.2, 0.25) is 5.02 Å². The molecule has 3 aromatic rings. The van der Waals surface area contributed by atoms with Crippen LogP contribution in [0.1, 0.15) is 21.5 Å². The topological polar surface area (TPSA) is 83.9 Å². The smallest absolute Gasteiger partial charge is 0.416 e. The van der Waals surface area contributed by atoms with Crippen LogP contribution in [0.25, 0.3) is 10.2 Å². The molecule has 0 bridgehead atoms. The fourth-order valence-corrected chi connectivity index (χ4v) is 4.24. The minimum Gasteiger partial charge on any atom is -0.507 e. The van der Waals surface area contributed by atoms with Gasteiger partial charge in [0.2, 0.25) is 0 Å². The molecule has 0 saturated heterocycles. The number of carbonyl (C=O) groups is 1. The number of carbonyl (C=O) groups excluding carboxylic acids is 1. The first-order chi connectivity index (χ1) is 16.1. The third-order valence-electron chi connectivity index (χ3n) is 4.82. The lowest BCUT2D eigenvalue weighted by atomic mass is 10.1. The highest BCUT2D eigenvalue weighted by molar-refractivity contribution is 7.22. The van der Waals surface area contributed by atoms with Crippen molar-refractivity contribution in [3.05, 3.63) is 52.0 Å². The number of ether oxygens (including phenoxy) is 2. The Morgan fingerprint density at radius 1 is 1.23 bits per heavy atom. The van der Waals surface area contributed by atoms with Crippen LogP contribution >= 0.6 is 35.3 Å². The highest BCUT2D eigenvalue weighted by Gasteiger charge is 2.31. The maximum atomic E-state index is 12.9. The van der Waals surface area contributed by atoms with Gasteiger partial charge in [-0.05, 0) is 37.4 Å². The average molecular weight is 554 g/mol. The molecule has 35 heavy (non-hydrogen) atoms. The summed E-state index contributed by atoms with van der Waals surface area (Å²) in [5.41, 5.74) is -0.107. The van der Waals surface area contributed by atoms with Gasteiger partial charge in [-0.2, -0.15) is 13.2 Å². The number of likely N-dealkylation sites (N-methyl/N-ethyl adjacent to an activating group) is 1. The molecule has 0 atom stereocenters. The normalized spacial score (nSPS) is 11.6. The van der Waals surface area contributed by atoms with Gasteiger partial charge in [0.1, 0.15) is 5.75 Å². The number of nitrogens with one attached hydrogen (secondary N) is 1. The van der Waals surface area contributed by atoms with E-state index in [0.717, 1.165) is 23.5 Å². The number of phenolic OH excluding ortho intramolecular Hbond substituents is 1. The molecule has 0 aliphatic rings. The summed E-state index contributed by atoms with van der Waals surface area (Å²) in [5, 5.41) is 13.6. The number of fused-ring (bicyclic) bond motifs is 1. The second-order valence-electron chi connectivity index (χ2n) is 7.46. The van der Waals surface area contributed by atoms with Gasteiger partial charge in [-0.15, -0.1) is 12.4 Å². The summed E-state index contributed by atoms with van der Waals surface area (Å²) in [7, 11) is 3.42. The first kappa shape index (κ1) is 29.1. The second kappa shape index (κ2) is 12.7. The lowest BCUT2D eigenvalue weighted by Crippen LogP contribution is -2.24. The fourth-order valence-electron chi connectivity index (χ4n) is 3.10. The third-order valence-corrected chi connectivity index (χ3v) is 5.98. The number of alkyl halides is 3. The molecule has 1 aromatic heterocycles. The number of amides is 1. The molecule has 7 nitrogen and oxygen atoms in total. The first-order valence-corrected chi connectivity index (χ1v) is 11.3. The highest BCUT2D eigenvalue weighted by atomic mass is 35.5. The van der Waals surface area contributed by atoms with E-state index in [9.17, 15) is 23.1 Å². The Labute approximate surface area is 215 Å². The Morgan fingerprint density at radius 3 is 2.66 bits per heavy atom. The quantitative estimate of drug-likeness (QED) is 0.325. The van der Waals surface area contributed by atoms with E-state index in [2.05, 4.69) is 10.3 Å². The van der Waals surface area contributed by atoms with E-state index in [1.807, 2.05) is 11.9 Å². The third kappa shape index (κ3) is 7.92. The predicted octanol–water partition coefficient (Wildman–Crippen LogP) is 5.44. The summed E-state index contributed by atoms with van der Waals surface area (Å²) in [5.74, 6) is -0.920. The number of rotatable bonds is 10. The average Bonchev–Trinajstić information content (AvgIpc) is 3.16. The Bertz CT molecular complexity index is 1160. The summed E-state index contributed by atoms with van der Waals surface area (Å²) < 4.78 is 49.4. The van der Waals surface area contributed by atoms with Crippen molar-refractivity contribution in [1.82, 2.24) is 9.88 Å². The van der Waals surface area contributed by atoms with Gasteiger partial charge in [-0.1, -0.05) is 22.9 Å². The zero-order valence-electron chi connectivity index (χ0n) is 18.8. The number of benzene rings is 2. The monoisotopic (exact) mass is 553 g/mol. The van der Waals surface area contributed by atoms with Gasteiger partial charge in [0.25, 0.3) is 5.91 Å². The van der Waals surface area contributed by atoms with Crippen LogP contribution < -0.4 is 5.32 Å². The van der Waals surface area contributed by atoms with Crippen molar-refractivity contribution < 1.29 is 32.5 Å². The summed E-state index contributed by atoms with van der Waals surface area (Å²) >= 11 is 7.07. The number of thiazole rings is 1. The Hall–Kier alpha value is -2.15. The number of methoxy groups -OCH3 is 1. The van der Waals surface area contributed by atoms with Crippen LogP contribution in [0.3, 0.4) is 0 Å². The van der Waals surface area contributed by atoms with Crippen molar-refractivity contribution in [2.24, 2.45) is 0 Å². The zero-order valence-corrected chi connectivity index (χ0v) is 21.2. The maximum absolute atomic E-state index is 12.9. The van der Waals surface area contributed by atoms with Crippen LogP contribution in [0.5, 0.6) is 5.75 Å². The standard InChI is InChI=1S/C22H23ClF3N3O4S.ClH/c1-29(5-6-33-8-7-32-2)12-13-9-15(23)11-16(19(13)30)20(31)28-21-27-17-4-3-14(22(24,25)26)10-18(17)34-21;/h3-4,9-11,30H,5-8,12H2,1-2H3,(H,27,28,31);1H. The van der Waals surface area contributed by atoms with Gasteiger partial charge in [-0.3, -0.25) is 15.0 Å². The summed E-state index contributed by atoms with van der Waals surface area (Å²) in [6, 6.07) is 6.04. The van der Waals surface area contributed by atoms with Crippen molar-refractivity contribution in [2.75, 3.05) is 45.8 Å². The van der Waals surface area contributed by atoms with E-state index >= 15 is 0 Å². The van der Waals surface area contributed by atoms with Gasteiger partial charge < -0.3 is 14.6 Å². The molecule has 0 fully saturated rings. The molecule has 1 amide bonds. The van der Waals surface area contributed by atoms with Crippen molar-refractivity contribution in [3.8, 4) is 5.75 Å². The molecule has 0 aliphatic heterocycles. The van der Waals surface area contributed by atoms with E-state index in [-0.39, 0.29) is 38.6 Å². The molecule has 3 rings (SSSR count). The van der Waals surface area contributed by atoms with Crippen LogP contribution in [0.4, 0.5) is 18.3 Å². The van der Waals surface area contributed by atoms with Crippen LogP contribution in [0, 0.1) is 0 Å². The Balaban J connectivity index is 0.00000432. The molecular formula is C22H24Cl2F3N3O4S. The number of halogens is 5. The number of aromatic nitrogens is 1. The molecule has 2 N–H and O–H groups in total. The van der Waals surface area contributed by atoms with Crippen LogP contribution in [-0.4, -0.2) is 61.4 Å². The molecule has 192 valence electrons. The first-order valence-electron chi connectivity index (χ1n) is 10.1. The Morgan fingerprint density at radius 2 is 1.97 bits per heavy atom. The largest absolute Gasteiger partial charge is 0.507 e. The lowest BCUT2D eigenvalue weighted by Gasteiger charge is -2.18. The minimum atomic E-state index is -4.48. The van der Waals surface area contributed by atoms with E-state index in [1.165, 1.54) is 12.1 Å². The van der Waals surface area contributed by atoms with Crippen LogP contribution in [-0.2, 0) is 22.2 Å². The summed E-state index contributed by atoms with van der Waals surface area (Å²) in [4.78, 5) is 18.9. The minimum absolute atomic E-state index is 0. The molecular weight excluding hydrogens is 530 g/mol. The molecule has 0 unspecified atom stereocenters. The predicted molar refractivity (Wildman–Crippen MR) is 132 cm³/mol. The molecule has 0 aliphatic carbocycles. The molecule has 0 saturated carbocycles. The molecule has 0 radical (unpaired) electrons. The van der Waals surface area contributed by atoms with E-state index in [4.69, 9.17) is 21.1 Å². The van der Waals surface area contributed by atoms with Crippen molar-refractivity contribution >= 4 is 56.6 Å². The number of nitrogens with zero attached hydrogens (tertiary/aromatic N) is 2. The van der Waals surface area contributed by atoms with Gasteiger partial charge in [0.05, 0.1) is 41.2 Å². The Kier molecular flexibility index (Phi) is 10.6. The number of phenols is 1. The van der Waals surface area contributed by atoms with Gasteiger partial charge >= 0.3 is 6.18 Å². The SMILES string of the molecule is COCCOCCN(C)Cc1cc(Cl)cc(C(=O)Nc2nc3ccc(C(F)(F)F)cc3s2)c1O.Cl. The number of anilines is 1. The van der Waals surface area contributed by atoms with Crippen molar-refractivity contribution in [2.45, 2.75) is 12.7 Å². The highest BCUT2D eigenvalue weighted by Crippen LogP contribution is 2.35. The van der Waals surface area contributed by atoms with Gasteiger partial charge in [0.15, 0.2) is 5.13 Å². The summed E-state index contributed by atoms with van der Waals surface area (Å²) in [6.45, 7) is 2.31. The number of aromatic hydroxyl groups is 1. The van der Waals surface area contributed by atoms with Gasteiger partial charge in [-0.25, -0.2) is 4.98 Å². The fraction of sp³-hybridized carbons (Fsp3) is 0.364. The number of hydrogen-bond donors (Lipinski definition) is 2. The maximum Gasteiger partial charge on any atom is 0.416 e. The zero-order chi connectivity index (χ0) is 24.9. The molecule has 2 aromatic carbocycles. The van der Waals surface area contributed by atoms with E-state index < -0.39 is 17.6 Å². The lowest BCUT2D eigenvalue weighted by molar-refractivity contribution is -0.137. The van der Waals surface area contributed by atoms with Crippen molar-refractivity contribution in [1.29, 1.82) is 0 Å². The molecule has 13 heteroatoms. The van der Waals surface area contributed by atoms with E-state index in [0.29, 0.717) is 44.0 Å². The molecule has 0 spiro atoms. The second-order valence-corrected chi connectivity index (χ2v) is 8.92. The number of hydrogen-bond acceptors (Lipinski definition) is 7. The van der Waals surface area contributed by atoms with E-state index in [1.54, 1.807) is 13.2 Å². The van der Waals surface area contributed by atoms with Crippen molar-refractivity contribution in [3.63, 3.8) is 0 Å². The van der Waals surface area contributed by atoms with Crippen LogP contribution in [0.15, 0.2) is 30.3 Å². The van der Waals surface area contributed by atoms with Gasteiger partial charge in [0, 0.05) is 30.8 Å². The summed E-state index contributed by atoms with van der Waals surface area (Å²) in [6.07, 6.45) is -4.48.